The fraction of sp³-hybridized carbons (Fsp3) is 0.417. The molecule has 0 aliphatic carbocycles. The smallest absolute Gasteiger partial charge is 0.373 e. The number of nitrogens with zero attached hydrogens (tertiary/aromatic N) is 2. The van der Waals surface area contributed by atoms with Crippen LogP contribution in [-0.2, 0) is 6.18 Å². The van der Waals surface area contributed by atoms with Gasteiger partial charge in [-0.2, -0.15) is 13.2 Å². The number of rotatable bonds is 3. The van der Waals surface area contributed by atoms with Crippen molar-refractivity contribution in [1.29, 1.82) is 0 Å². The first-order valence-electron chi connectivity index (χ1n) is 5.21. The van der Waals surface area contributed by atoms with Crippen LogP contribution in [-0.4, -0.2) is 20.3 Å². The molecule has 0 saturated carbocycles. The minimum atomic E-state index is -4.34. The van der Waals surface area contributed by atoms with E-state index in [0.29, 0.717) is 17.9 Å². The van der Waals surface area contributed by atoms with Gasteiger partial charge in [0.2, 0.25) is 0 Å². The van der Waals surface area contributed by atoms with Crippen LogP contribution in [0.5, 0.6) is 0 Å². The fourth-order valence-corrected chi connectivity index (χ4v) is 1.59. The molecule has 0 aliphatic rings. The van der Waals surface area contributed by atoms with Crippen LogP contribution < -0.4 is 4.90 Å². The first-order chi connectivity index (χ1) is 7.81. The Morgan fingerprint density at radius 2 is 1.94 bits per heavy atom. The maximum atomic E-state index is 12.8. The van der Waals surface area contributed by atoms with E-state index in [9.17, 15) is 13.2 Å². The largest absolute Gasteiger partial charge is 0.416 e. The van der Waals surface area contributed by atoms with Gasteiger partial charge in [-0.25, -0.2) is 0 Å². The van der Waals surface area contributed by atoms with Crippen molar-refractivity contribution in [2.24, 2.45) is 4.99 Å². The zero-order chi connectivity index (χ0) is 13.2. The molecule has 0 spiro atoms. The summed E-state index contributed by atoms with van der Waals surface area (Å²) in [4.78, 5) is 5.47. The van der Waals surface area contributed by atoms with E-state index in [-0.39, 0.29) is 5.56 Å². The molecule has 5 heteroatoms. The van der Waals surface area contributed by atoms with E-state index in [1.807, 2.05) is 6.92 Å². The molecule has 0 aromatic heterocycles. The molecular formula is C12H15F3N2. The molecule has 0 amide bonds. The second-order valence-corrected chi connectivity index (χ2v) is 3.83. The van der Waals surface area contributed by atoms with Crippen LogP contribution in [0.3, 0.4) is 0 Å². The summed E-state index contributed by atoms with van der Waals surface area (Å²) >= 11 is 0. The van der Waals surface area contributed by atoms with Gasteiger partial charge in [0, 0.05) is 13.6 Å². The van der Waals surface area contributed by atoms with Crippen molar-refractivity contribution < 1.29 is 13.2 Å². The average molecular weight is 244 g/mol. The lowest BCUT2D eigenvalue weighted by molar-refractivity contribution is -0.138. The third kappa shape index (κ3) is 2.78. The average Bonchev–Trinajstić information content (AvgIpc) is 2.25. The molecule has 0 heterocycles. The van der Waals surface area contributed by atoms with Crippen LogP contribution in [0.15, 0.2) is 17.1 Å². The molecule has 17 heavy (non-hydrogen) atoms. The van der Waals surface area contributed by atoms with Crippen molar-refractivity contribution in [3.63, 3.8) is 0 Å². The molecule has 1 rings (SSSR count). The van der Waals surface area contributed by atoms with Gasteiger partial charge in [-0.3, -0.25) is 4.99 Å². The molecule has 2 nitrogen and oxygen atoms in total. The van der Waals surface area contributed by atoms with Gasteiger partial charge >= 0.3 is 6.18 Å². The van der Waals surface area contributed by atoms with Crippen LogP contribution in [0.25, 0.3) is 0 Å². The van der Waals surface area contributed by atoms with Crippen molar-refractivity contribution >= 4 is 18.1 Å². The molecule has 0 atom stereocenters. The van der Waals surface area contributed by atoms with E-state index < -0.39 is 11.7 Å². The zero-order valence-corrected chi connectivity index (χ0v) is 10.1. The molecule has 0 fully saturated rings. The molecule has 94 valence electrons. The van der Waals surface area contributed by atoms with Crippen molar-refractivity contribution in [2.75, 3.05) is 18.5 Å². The Hall–Kier alpha value is -1.52. The Kier molecular flexibility index (Phi) is 3.80. The highest BCUT2D eigenvalue weighted by atomic mass is 19.4. The quantitative estimate of drug-likeness (QED) is 0.738. The number of aliphatic imine (C=N–C) groups is 1. The number of hydrogen-bond acceptors (Lipinski definition) is 2. The van der Waals surface area contributed by atoms with Crippen LogP contribution in [0.2, 0.25) is 0 Å². The van der Waals surface area contributed by atoms with Gasteiger partial charge in [0.25, 0.3) is 0 Å². The number of aryl methyl sites for hydroxylation is 1. The normalized spacial score (nSPS) is 11.4. The number of benzene rings is 1. The SMILES string of the molecule is C=Nc1cc(C)c(C(F)(F)F)cc1N(C)CC. The summed E-state index contributed by atoms with van der Waals surface area (Å²) < 4.78 is 38.3. The number of alkyl halides is 3. The molecule has 0 radical (unpaired) electrons. The highest BCUT2D eigenvalue weighted by Crippen LogP contribution is 2.38. The number of halogens is 3. The van der Waals surface area contributed by atoms with Crippen LogP contribution in [0.4, 0.5) is 24.5 Å². The first kappa shape index (κ1) is 13.5. The summed E-state index contributed by atoms with van der Waals surface area (Å²) in [7, 11) is 1.72. The van der Waals surface area contributed by atoms with Crippen LogP contribution in [0.1, 0.15) is 18.1 Å². The minimum Gasteiger partial charge on any atom is -0.373 e. The molecule has 1 aromatic rings. The maximum Gasteiger partial charge on any atom is 0.416 e. The van der Waals surface area contributed by atoms with Crippen molar-refractivity contribution in [2.45, 2.75) is 20.0 Å². The highest BCUT2D eigenvalue weighted by Gasteiger charge is 2.33. The monoisotopic (exact) mass is 244 g/mol. The van der Waals surface area contributed by atoms with Crippen molar-refractivity contribution in [3.8, 4) is 0 Å². The molecule has 0 saturated heterocycles. The zero-order valence-electron chi connectivity index (χ0n) is 10.1. The van der Waals surface area contributed by atoms with Gasteiger partial charge in [0.15, 0.2) is 0 Å². The summed E-state index contributed by atoms with van der Waals surface area (Å²) in [6.07, 6.45) is -4.34. The van der Waals surface area contributed by atoms with Gasteiger partial charge < -0.3 is 4.90 Å². The van der Waals surface area contributed by atoms with Crippen LogP contribution >= 0.6 is 0 Å². The molecule has 0 aliphatic heterocycles. The highest BCUT2D eigenvalue weighted by molar-refractivity contribution is 5.71. The van der Waals surface area contributed by atoms with E-state index in [1.54, 1.807) is 11.9 Å². The summed E-state index contributed by atoms with van der Waals surface area (Å²) in [6.45, 7) is 7.27. The predicted octanol–water partition coefficient (Wildman–Crippen LogP) is 3.80. The maximum absolute atomic E-state index is 12.8. The van der Waals surface area contributed by atoms with E-state index in [1.165, 1.54) is 13.0 Å². The molecular weight excluding hydrogens is 229 g/mol. The van der Waals surface area contributed by atoms with Gasteiger partial charge in [-0.1, -0.05) is 0 Å². The van der Waals surface area contributed by atoms with Gasteiger partial charge in [0.1, 0.15) is 0 Å². The number of anilines is 1. The lowest BCUT2D eigenvalue weighted by atomic mass is 10.1. The Morgan fingerprint density at radius 3 is 2.35 bits per heavy atom. The first-order valence-corrected chi connectivity index (χ1v) is 5.21. The second kappa shape index (κ2) is 4.77. The lowest BCUT2D eigenvalue weighted by Crippen LogP contribution is -2.17. The van der Waals surface area contributed by atoms with E-state index >= 15 is 0 Å². The standard InChI is InChI=1S/C12H15F3N2/c1-5-17(4)11-7-9(12(13,14)15)8(2)6-10(11)16-3/h6-7H,3,5H2,1-2,4H3. The molecule has 0 unspecified atom stereocenters. The van der Waals surface area contributed by atoms with Crippen molar-refractivity contribution in [3.05, 3.63) is 23.3 Å². The van der Waals surface area contributed by atoms with Crippen molar-refractivity contribution in [1.82, 2.24) is 0 Å². The Morgan fingerprint density at radius 1 is 1.35 bits per heavy atom. The Labute approximate surface area is 98.8 Å². The number of hydrogen-bond donors (Lipinski definition) is 0. The third-order valence-electron chi connectivity index (χ3n) is 2.68. The topological polar surface area (TPSA) is 15.6 Å². The van der Waals surface area contributed by atoms with E-state index in [0.717, 1.165) is 6.07 Å². The molecule has 1 aromatic carbocycles. The Bertz CT molecular complexity index is 424. The minimum absolute atomic E-state index is 0.160. The van der Waals surface area contributed by atoms with E-state index in [2.05, 4.69) is 11.7 Å². The van der Waals surface area contributed by atoms with Crippen LogP contribution in [0, 0.1) is 6.92 Å². The van der Waals surface area contributed by atoms with E-state index in [4.69, 9.17) is 0 Å². The fourth-order valence-electron chi connectivity index (χ4n) is 1.59. The summed E-state index contributed by atoms with van der Waals surface area (Å²) in [5, 5.41) is 0. The van der Waals surface area contributed by atoms with Gasteiger partial charge in [-0.05, 0) is 38.3 Å². The lowest BCUT2D eigenvalue weighted by Gasteiger charge is -2.21. The summed E-state index contributed by atoms with van der Waals surface area (Å²) in [5.41, 5.74) is 0.452. The third-order valence-corrected chi connectivity index (χ3v) is 2.68. The summed E-state index contributed by atoms with van der Waals surface area (Å²) in [5.74, 6) is 0. The summed E-state index contributed by atoms with van der Waals surface area (Å²) in [6, 6.07) is 2.54. The molecule has 0 bridgehead atoms. The Balaban J connectivity index is 3.43. The van der Waals surface area contributed by atoms with Gasteiger partial charge in [-0.15, -0.1) is 0 Å². The second-order valence-electron chi connectivity index (χ2n) is 3.83. The predicted molar refractivity (Wildman–Crippen MR) is 64.3 cm³/mol. The van der Waals surface area contributed by atoms with Gasteiger partial charge in [0.05, 0.1) is 16.9 Å². The molecule has 0 N–H and O–H groups in total.